The van der Waals surface area contributed by atoms with Gasteiger partial charge in [0.2, 0.25) is 0 Å². The van der Waals surface area contributed by atoms with Gasteiger partial charge in [0, 0.05) is 12.4 Å². The number of H-pyrrole nitrogens is 1. The summed E-state index contributed by atoms with van der Waals surface area (Å²) < 4.78 is 12.9. The zero-order valence-corrected chi connectivity index (χ0v) is 13.2. The smallest absolute Gasteiger partial charge is 0.339 e. The lowest BCUT2D eigenvalue weighted by Gasteiger charge is -2.15. The van der Waals surface area contributed by atoms with Crippen molar-refractivity contribution < 1.29 is 14.3 Å². The third-order valence-corrected chi connectivity index (χ3v) is 4.06. The minimum atomic E-state index is -0.429. The van der Waals surface area contributed by atoms with E-state index in [-0.39, 0.29) is 30.0 Å². The number of aromatic amines is 1. The van der Waals surface area contributed by atoms with Gasteiger partial charge in [0.15, 0.2) is 11.2 Å². The number of hydrogen-bond donors (Lipinski definition) is 1. The van der Waals surface area contributed by atoms with Crippen LogP contribution >= 0.6 is 0 Å². The average Bonchev–Trinajstić information content (AvgIpc) is 3.27. The van der Waals surface area contributed by atoms with Crippen LogP contribution in [-0.2, 0) is 9.47 Å². The van der Waals surface area contributed by atoms with Crippen molar-refractivity contribution in [2.75, 3.05) is 6.61 Å². The summed E-state index contributed by atoms with van der Waals surface area (Å²) in [6.45, 7) is 0.158. The SMILES string of the molecule is O=C(OC[C@@H]1CC[C@H](n2cnc3c(=O)[nH]cnc32)O1)c1cccnc1. The second-order valence-corrected chi connectivity index (χ2v) is 5.69. The zero-order chi connectivity index (χ0) is 17.2. The molecule has 25 heavy (non-hydrogen) atoms. The maximum absolute atomic E-state index is 11.9. The van der Waals surface area contributed by atoms with E-state index in [4.69, 9.17) is 9.47 Å². The normalized spacial score (nSPS) is 20.0. The number of carbonyl (C=O) groups excluding carboxylic acids is 1. The summed E-state index contributed by atoms with van der Waals surface area (Å²) in [4.78, 5) is 38.3. The first-order valence-corrected chi connectivity index (χ1v) is 7.85. The lowest BCUT2D eigenvalue weighted by Crippen LogP contribution is -2.19. The molecular weight excluding hydrogens is 326 g/mol. The highest BCUT2D eigenvalue weighted by molar-refractivity contribution is 5.88. The molecule has 3 aromatic heterocycles. The average molecular weight is 341 g/mol. The Morgan fingerprint density at radius 2 is 2.32 bits per heavy atom. The molecule has 1 N–H and O–H groups in total. The number of nitrogens with zero attached hydrogens (tertiary/aromatic N) is 4. The second kappa shape index (κ2) is 6.44. The first kappa shape index (κ1) is 15.5. The summed E-state index contributed by atoms with van der Waals surface area (Å²) in [6, 6.07) is 3.33. The van der Waals surface area contributed by atoms with Crippen LogP contribution < -0.4 is 5.56 Å². The van der Waals surface area contributed by atoms with Crippen molar-refractivity contribution in [2.45, 2.75) is 25.2 Å². The Hall–Kier alpha value is -3.07. The topological polar surface area (TPSA) is 112 Å². The molecule has 1 aliphatic rings. The predicted molar refractivity (Wildman–Crippen MR) is 85.8 cm³/mol. The van der Waals surface area contributed by atoms with Gasteiger partial charge >= 0.3 is 5.97 Å². The molecule has 3 aromatic rings. The van der Waals surface area contributed by atoms with Crippen molar-refractivity contribution in [2.24, 2.45) is 0 Å². The molecule has 0 amide bonds. The van der Waals surface area contributed by atoms with Gasteiger partial charge in [0.05, 0.1) is 24.3 Å². The van der Waals surface area contributed by atoms with Gasteiger partial charge in [-0.2, -0.15) is 0 Å². The van der Waals surface area contributed by atoms with Gasteiger partial charge < -0.3 is 14.5 Å². The molecule has 9 nitrogen and oxygen atoms in total. The maximum atomic E-state index is 11.9. The molecule has 0 spiro atoms. The van der Waals surface area contributed by atoms with Crippen LogP contribution in [-0.4, -0.2) is 43.2 Å². The van der Waals surface area contributed by atoms with Crippen molar-refractivity contribution in [1.29, 1.82) is 0 Å². The Bertz CT molecular complexity index is 952. The third kappa shape index (κ3) is 3.01. The lowest BCUT2D eigenvalue weighted by molar-refractivity contribution is -0.0309. The van der Waals surface area contributed by atoms with Gasteiger partial charge in [-0.1, -0.05) is 0 Å². The van der Waals surface area contributed by atoms with E-state index in [1.54, 1.807) is 29.2 Å². The number of hydrogen-bond acceptors (Lipinski definition) is 7. The van der Waals surface area contributed by atoms with Crippen molar-refractivity contribution in [1.82, 2.24) is 24.5 Å². The molecule has 1 aliphatic heterocycles. The lowest BCUT2D eigenvalue weighted by atomic mass is 10.2. The number of rotatable bonds is 4. The molecule has 1 fully saturated rings. The first-order chi connectivity index (χ1) is 12.2. The summed E-state index contributed by atoms with van der Waals surface area (Å²) in [5, 5.41) is 0. The van der Waals surface area contributed by atoms with Crippen LogP contribution in [0, 0.1) is 0 Å². The van der Waals surface area contributed by atoms with E-state index < -0.39 is 5.97 Å². The van der Waals surface area contributed by atoms with Crippen LogP contribution in [0.3, 0.4) is 0 Å². The molecule has 0 aliphatic carbocycles. The van der Waals surface area contributed by atoms with Crippen LogP contribution in [0.2, 0.25) is 0 Å². The van der Waals surface area contributed by atoms with Crippen molar-refractivity contribution in [3.05, 3.63) is 53.1 Å². The fourth-order valence-corrected chi connectivity index (χ4v) is 2.82. The number of esters is 1. The summed E-state index contributed by atoms with van der Waals surface area (Å²) in [6.07, 6.45) is 6.87. The van der Waals surface area contributed by atoms with Gasteiger partial charge in [-0.05, 0) is 25.0 Å². The third-order valence-electron chi connectivity index (χ3n) is 4.06. The van der Waals surface area contributed by atoms with E-state index in [1.165, 1.54) is 12.5 Å². The fourth-order valence-electron chi connectivity index (χ4n) is 2.82. The Morgan fingerprint density at radius 1 is 1.40 bits per heavy atom. The molecule has 0 bridgehead atoms. The fraction of sp³-hybridized carbons (Fsp3) is 0.312. The van der Waals surface area contributed by atoms with Crippen molar-refractivity contribution in [3.63, 3.8) is 0 Å². The molecule has 2 atom stereocenters. The molecule has 4 heterocycles. The van der Waals surface area contributed by atoms with Crippen molar-refractivity contribution >= 4 is 17.1 Å². The Labute approximate surface area is 141 Å². The summed E-state index contributed by atoms with van der Waals surface area (Å²) in [5.74, 6) is -0.429. The quantitative estimate of drug-likeness (QED) is 0.706. The van der Waals surface area contributed by atoms with Crippen molar-refractivity contribution in [3.8, 4) is 0 Å². The van der Waals surface area contributed by atoms with Crippen LogP contribution in [0.5, 0.6) is 0 Å². The van der Waals surface area contributed by atoms with E-state index in [2.05, 4.69) is 19.9 Å². The summed E-state index contributed by atoms with van der Waals surface area (Å²) >= 11 is 0. The molecule has 9 heteroatoms. The number of pyridine rings is 1. The summed E-state index contributed by atoms with van der Waals surface area (Å²) in [5.41, 5.74) is 0.865. The van der Waals surface area contributed by atoms with Gasteiger partial charge in [-0.3, -0.25) is 14.3 Å². The van der Waals surface area contributed by atoms with Gasteiger partial charge in [0.1, 0.15) is 12.8 Å². The van der Waals surface area contributed by atoms with Crippen LogP contribution in [0.1, 0.15) is 29.4 Å². The first-order valence-electron chi connectivity index (χ1n) is 7.85. The van der Waals surface area contributed by atoms with Gasteiger partial charge in [0.25, 0.3) is 5.56 Å². The molecular formula is C16H15N5O4. The molecule has 1 saturated heterocycles. The van der Waals surface area contributed by atoms with Crippen LogP contribution in [0.25, 0.3) is 11.2 Å². The Balaban J connectivity index is 1.40. The highest BCUT2D eigenvalue weighted by Gasteiger charge is 2.29. The van der Waals surface area contributed by atoms with E-state index in [0.29, 0.717) is 11.2 Å². The molecule has 0 unspecified atom stereocenters. The Morgan fingerprint density at radius 3 is 3.16 bits per heavy atom. The number of ether oxygens (including phenoxy) is 2. The number of imidazole rings is 1. The monoisotopic (exact) mass is 341 g/mol. The molecule has 0 saturated carbocycles. The largest absolute Gasteiger partial charge is 0.459 e. The Kier molecular flexibility index (Phi) is 3.98. The van der Waals surface area contributed by atoms with Crippen LogP contribution in [0.15, 0.2) is 42.0 Å². The zero-order valence-electron chi connectivity index (χ0n) is 13.2. The molecule has 0 radical (unpaired) electrons. The maximum Gasteiger partial charge on any atom is 0.339 e. The minimum Gasteiger partial charge on any atom is -0.459 e. The number of fused-ring (bicyclic) bond motifs is 1. The minimum absolute atomic E-state index is 0.158. The van der Waals surface area contributed by atoms with Gasteiger partial charge in [-0.25, -0.2) is 14.8 Å². The highest BCUT2D eigenvalue weighted by Crippen LogP contribution is 2.30. The van der Waals surface area contributed by atoms with Gasteiger partial charge in [-0.15, -0.1) is 0 Å². The predicted octanol–water partition coefficient (Wildman–Crippen LogP) is 1.05. The number of nitrogens with one attached hydrogen (secondary N) is 1. The van der Waals surface area contributed by atoms with E-state index in [9.17, 15) is 9.59 Å². The van der Waals surface area contributed by atoms with E-state index in [1.807, 2.05) is 0 Å². The molecule has 128 valence electrons. The van der Waals surface area contributed by atoms with E-state index in [0.717, 1.165) is 12.8 Å². The number of carbonyl (C=O) groups is 1. The second-order valence-electron chi connectivity index (χ2n) is 5.69. The molecule has 0 aromatic carbocycles. The van der Waals surface area contributed by atoms with Crippen LogP contribution in [0.4, 0.5) is 0 Å². The highest BCUT2D eigenvalue weighted by atomic mass is 16.6. The summed E-state index contributed by atoms with van der Waals surface area (Å²) in [7, 11) is 0. The van der Waals surface area contributed by atoms with E-state index >= 15 is 0 Å². The number of aromatic nitrogens is 5. The standard InChI is InChI=1S/C16H15N5O4/c22-15-13-14(18-8-19-15)21(9-20-13)12-4-3-11(25-12)7-24-16(23)10-2-1-5-17-6-10/h1-2,5-6,8-9,11-12H,3-4,7H2,(H,18,19,22)/t11-,12+/m0/s1. The molecule has 4 rings (SSSR count).